The first-order chi connectivity index (χ1) is 8.13. The summed E-state index contributed by atoms with van der Waals surface area (Å²) in [6.45, 7) is 4.16. The van der Waals surface area contributed by atoms with E-state index in [0.29, 0.717) is 0 Å². The predicted octanol–water partition coefficient (Wildman–Crippen LogP) is 4.94. The van der Waals surface area contributed by atoms with Crippen molar-refractivity contribution in [3.63, 3.8) is 0 Å². The van der Waals surface area contributed by atoms with Crippen molar-refractivity contribution in [2.24, 2.45) is 0 Å². The zero-order valence-corrected chi connectivity index (χ0v) is 12.9. The number of hydrogen-bond donors (Lipinski definition) is 0. The molecule has 17 heavy (non-hydrogen) atoms. The van der Waals surface area contributed by atoms with Crippen molar-refractivity contribution in [2.75, 3.05) is 0 Å². The van der Waals surface area contributed by atoms with Crippen LogP contribution in [0.2, 0.25) is 0 Å². The van der Waals surface area contributed by atoms with Crippen molar-refractivity contribution in [3.05, 3.63) is 33.3 Å². The van der Waals surface area contributed by atoms with Crippen molar-refractivity contribution in [1.82, 2.24) is 4.98 Å². The number of halogens is 2. The fourth-order valence-corrected chi connectivity index (χ4v) is 2.91. The van der Waals surface area contributed by atoms with Gasteiger partial charge in [0.2, 0.25) is 0 Å². The lowest BCUT2D eigenvalue weighted by atomic mass is 10.2. The van der Waals surface area contributed by atoms with Crippen LogP contribution in [0.3, 0.4) is 0 Å². The lowest BCUT2D eigenvalue weighted by Crippen LogP contribution is -2.10. The third-order valence-corrected chi connectivity index (χ3v) is 3.89. The Morgan fingerprint density at radius 2 is 2.12 bits per heavy atom. The normalized spacial score (nSPS) is 12.7. The number of fused-ring (bicyclic) bond motifs is 1. The summed E-state index contributed by atoms with van der Waals surface area (Å²) >= 11 is 7.07. The molecule has 0 aliphatic rings. The van der Waals surface area contributed by atoms with Crippen LogP contribution in [0.25, 0.3) is 10.9 Å². The molecule has 2 rings (SSSR count). The van der Waals surface area contributed by atoms with Gasteiger partial charge in [0.25, 0.3) is 0 Å². The molecule has 4 heteroatoms. The van der Waals surface area contributed by atoms with E-state index in [2.05, 4.69) is 50.7 Å². The molecule has 2 nitrogen and oxygen atoms in total. The highest BCUT2D eigenvalue weighted by atomic mass is 79.9. The predicted molar refractivity (Wildman–Crippen MR) is 77.5 cm³/mol. The molecule has 0 fully saturated rings. The zero-order valence-electron chi connectivity index (χ0n) is 9.71. The van der Waals surface area contributed by atoms with Gasteiger partial charge >= 0.3 is 0 Å². The second kappa shape index (κ2) is 5.36. The van der Waals surface area contributed by atoms with Gasteiger partial charge < -0.3 is 4.74 Å². The van der Waals surface area contributed by atoms with Crippen molar-refractivity contribution in [3.8, 4) is 5.75 Å². The molecule has 0 aliphatic heterocycles. The number of nitrogens with zero attached hydrogens (tertiary/aromatic N) is 1. The van der Waals surface area contributed by atoms with Gasteiger partial charge in [-0.25, -0.2) is 0 Å². The van der Waals surface area contributed by atoms with Crippen LogP contribution in [0.15, 0.2) is 33.3 Å². The van der Waals surface area contributed by atoms with E-state index in [1.54, 1.807) is 6.20 Å². The number of hydrogen-bond acceptors (Lipinski definition) is 2. The van der Waals surface area contributed by atoms with Crippen LogP contribution in [0.1, 0.15) is 20.3 Å². The third-order valence-electron chi connectivity index (χ3n) is 2.64. The standard InChI is InChI=1S/C13H13Br2NO/c1-3-8(2)17-13-11(15)7-10(14)9-5-4-6-16-12(9)13/h4-8H,3H2,1-2H3/t8-/m0/s1. The fraction of sp³-hybridized carbons (Fsp3) is 0.308. The van der Waals surface area contributed by atoms with Crippen molar-refractivity contribution in [1.29, 1.82) is 0 Å². The first-order valence-corrected chi connectivity index (χ1v) is 7.11. The van der Waals surface area contributed by atoms with E-state index in [0.717, 1.165) is 32.0 Å². The Morgan fingerprint density at radius 3 is 2.82 bits per heavy atom. The average Bonchev–Trinajstić information content (AvgIpc) is 2.34. The Labute approximate surface area is 118 Å². The number of benzene rings is 1. The quantitative estimate of drug-likeness (QED) is 0.775. The molecule has 0 spiro atoms. The summed E-state index contributed by atoms with van der Waals surface area (Å²) in [4.78, 5) is 4.41. The van der Waals surface area contributed by atoms with E-state index < -0.39 is 0 Å². The Morgan fingerprint density at radius 1 is 1.35 bits per heavy atom. The van der Waals surface area contributed by atoms with E-state index in [9.17, 15) is 0 Å². The second-order valence-electron chi connectivity index (χ2n) is 3.91. The monoisotopic (exact) mass is 357 g/mol. The summed E-state index contributed by atoms with van der Waals surface area (Å²) in [7, 11) is 0. The average molecular weight is 359 g/mol. The summed E-state index contributed by atoms with van der Waals surface area (Å²) < 4.78 is 7.88. The van der Waals surface area contributed by atoms with Crippen LogP contribution in [0.4, 0.5) is 0 Å². The van der Waals surface area contributed by atoms with Gasteiger partial charge in [-0.15, -0.1) is 0 Å². The van der Waals surface area contributed by atoms with Gasteiger partial charge in [0.15, 0.2) is 5.75 Å². The topological polar surface area (TPSA) is 22.1 Å². The lowest BCUT2D eigenvalue weighted by molar-refractivity contribution is 0.218. The van der Waals surface area contributed by atoms with Crippen molar-refractivity contribution in [2.45, 2.75) is 26.4 Å². The molecule has 0 unspecified atom stereocenters. The highest BCUT2D eigenvalue weighted by molar-refractivity contribution is 9.11. The molecule has 90 valence electrons. The Balaban J connectivity index is 2.61. The second-order valence-corrected chi connectivity index (χ2v) is 5.61. The molecule has 1 atom stereocenters. The maximum Gasteiger partial charge on any atom is 0.160 e. The van der Waals surface area contributed by atoms with Crippen LogP contribution >= 0.6 is 31.9 Å². The molecular weight excluding hydrogens is 346 g/mol. The molecule has 0 aliphatic carbocycles. The van der Waals surface area contributed by atoms with E-state index in [1.807, 2.05) is 18.2 Å². The minimum absolute atomic E-state index is 0.178. The van der Waals surface area contributed by atoms with Crippen LogP contribution in [0.5, 0.6) is 5.75 Å². The SMILES string of the molecule is CC[C@H](C)Oc1c(Br)cc(Br)c2cccnc12. The minimum atomic E-state index is 0.178. The number of ether oxygens (including phenoxy) is 1. The first-order valence-electron chi connectivity index (χ1n) is 5.52. The molecule has 0 saturated carbocycles. The molecule has 0 N–H and O–H groups in total. The number of rotatable bonds is 3. The molecular formula is C13H13Br2NO. The first kappa shape index (κ1) is 12.8. The van der Waals surface area contributed by atoms with Crippen molar-refractivity contribution >= 4 is 42.8 Å². The summed E-state index contributed by atoms with van der Waals surface area (Å²) in [6, 6.07) is 5.96. The summed E-state index contributed by atoms with van der Waals surface area (Å²) in [5.74, 6) is 0.818. The van der Waals surface area contributed by atoms with Gasteiger partial charge in [0, 0.05) is 16.1 Å². The Bertz CT molecular complexity index is 542. The molecule has 1 heterocycles. The van der Waals surface area contributed by atoms with Gasteiger partial charge in [-0.05, 0) is 41.4 Å². The molecule has 2 aromatic rings. The van der Waals surface area contributed by atoms with Gasteiger partial charge in [-0.3, -0.25) is 4.98 Å². The highest BCUT2D eigenvalue weighted by Gasteiger charge is 2.13. The summed E-state index contributed by atoms with van der Waals surface area (Å²) in [5, 5.41) is 1.06. The smallest absolute Gasteiger partial charge is 0.160 e. The van der Waals surface area contributed by atoms with Gasteiger partial charge in [-0.1, -0.05) is 28.9 Å². The Hall–Kier alpha value is -0.610. The summed E-state index contributed by atoms with van der Waals surface area (Å²) in [6.07, 6.45) is 2.93. The minimum Gasteiger partial charge on any atom is -0.487 e. The zero-order chi connectivity index (χ0) is 12.4. The van der Waals surface area contributed by atoms with Gasteiger partial charge in [0.1, 0.15) is 5.52 Å². The van der Waals surface area contributed by atoms with Crippen LogP contribution in [-0.4, -0.2) is 11.1 Å². The maximum atomic E-state index is 5.93. The van der Waals surface area contributed by atoms with Crippen molar-refractivity contribution < 1.29 is 4.74 Å². The van der Waals surface area contributed by atoms with Crippen LogP contribution in [-0.2, 0) is 0 Å². The molecule has 1 aromatic heterocycles. The van der Waals surface area contributed by atoms with E-state index in [-0.39, 0.29) is 6.10 Å². The molecule has 1 aromatic carbocycles. The highest BCUT2D eigenvalue weighted by Crippen LogP contribution is 2.37. The van der Waals surface area contributed by atoms with Crippen LogP contribution in [0, 0.1) is 0 Å². The molecule has 0 bridgehead atoms. The number of aromatic nitrogens is 1. The number of pyridine rings is 1. The van der Waals surface area contributed by atoms with E-state index in [4.69, 9.17) is 4.74 Å². The van der Waals surface area contributed by atoms with Gasteiger partial charge in [-0.2, -0.15) is 0 Å². The molecule has 0 radical (unpaired) electrons. The van der Waals surface area contributed by atoms with Crippen LogP contribution < -0.4 is 4.74 Å². The van der Waals surface area contributed by atoms with E-state index >= 15 is 0 Å². The maximum absolute atomic E-state index is 5.93. The van der Waals surface area contributed by atoms with Gasteiger partial charge in [0.05, 0.1) is 10.6 Å². The Kier molecular flexibility index (Phi) is 4.05. The summed E-state index contributed by atoms with van der Waals surface area (Å²) in [5.41, 5.74) is 0.883. The lowest BCUT2D eigenvalue weighted by Gasteiger charge is -2.16. The fourth-order valence-electron chi connectivity index (χ4n) is 1.54. The molecule has 0 amide bonds. The largest absolute Gasteiger partial charge is 0.487 e. The third kappa shape index (κ3) is 2.63. The molecule has 0 saturated heterocycles. The van der Waals surface area contributed by atoms with E-state index in [1.165, 1.54) is 0 Å².